The number of nitrogens with one attached hydrogen (secondary N) is 1. The molecule has 4 aliphatic carbocycles. The summed E-state index contributed by atoms with van der Waals surface area (Å²) in [6.07, 6.45) is 7.96. The molecule has 4 fully saturated rings. The number of methoxy groups -OCH3 is 1. The summed E-state index contributed by atoms with van der Waals surface area (Å²) in [5.41, 5.74) is 7.22. The van der Waals surface area contributed by atoms with Crippen molar-refractivity contribution in [3.63, 3.8) is 0 Å². The lowest BCUT2D eigenvalue weighted by Gasteiger charge is -2.54. The summed E-state index contributed by atoms with van der Waals surface area (Å²) in [5, 5.41) is 3.24. The molecule has 4 saturated carbocycles. The van der Waals surface area contributed by atoms with Crippen LogP contribution >= 0.6 is 0 Å². The van der Waals surface area contributed by atoms with Crippen molar-refractivity contribution in [3.8, 4) is 5.75 Å². The zero-order valence-corrected chi connectivity index (χ0v) is 13.2. The molecule has 3 N–H and O–H groups in total. The zero-order chi connectivity index (χ0) is 15.2. The first-order chi connectivity index (χ1) is 10.7. The molecule has 0 aliphatic heterocycles. The standard InChI is InChI=1S/C18H25N3O/c1-22-16-5-3-2-4-15(16)20-17(19)21-18-9-12-6-13(10-18)8-14(7-12)11-18/h2-5,12-14H,6-11H2,1H3,(H3,19,20,21). The van der Waals surface area contributed by atoms with Gasteiger partial charge in [-0.1, -0.05) is 12.1 Å². The molecule has 0 unspecified atom stereocenters. The predicted molar refractivity (Wildman–Crippen MR) is 89.1 cm³/mol. The fraction of sp³-hybridized carbons (Fsp3) is 0.611. The Morgan fingerprint density at radius 3 is 2.32 bits per heavy atom. The van der Waals surface area contributed by atoms with Gasteiger partial charge >= 0.3 is 0 Å². The molecule has 0 amide bonds. The maximum absolute atomic E-state index is 6.23. The third kappa shape index (κ3) is 2.44. The van der Waals surface area contributed by atoms with E-state index in [4.69, 9.17) is 15.5 Å². The summed E-state index contributed by atoms with van der Waals surface area (Å²) in [4.78, 5) is 4.97. The number of ether oxygens (including phenoxy) is 1. The minimum Gasteiger partial charge on any atom is -0.495 e. The van der Waals surface area contributed by atoms with Gasteiger partial charge in [0.25, 0.3) is 0 Å². The van der Waals surface area contributed by atoms with E-state index >= 15 is 0 Å². The van der Waals surface area contributed by atoms with Gasteiger partial charge in [-0.3, -0.25) is 0 Å². The van der Waals surface area contributed by atoms with Crippen molar-refractivity contribution in [2.45, 2.75) is 44.1 Å². The highest BCUT2D eigenvalue weighted by Gasteiger charge is 2.51. The normalized spacial score (nSPS) is 36.4. The molecule has 4 bridgehead atoms. The highest BCUT2D eigenvalue weighted by molar-refractivity contribution is 5.94. The molecule has 0 aromatic heterocycles. The molecular formula is C18H25N3O. The molecule has 118 valence electrons. The van der Waals surface area contributed by atoms with Crippen molar-refractivity contribution in [1.29, 1.82) is 0 Å². The largest absolute Gasteiger partial charge is 0.495 e. The Hall–Kier alpha value is -1.71. The Labute approximate surface area is 132 Å². The lowest BCUT2D eigenvalue weighted by Crippen LogP contribution is -2.50. The van der Waals surface area contributed by atoms with Crippen LogP contribution in [0.15, 0.2) is 29.3 Å². The molecular weight excluding hydrogens is 274 g/mol. The average Bonchev–Trinajstić information content (AvgIpc) is 2.45. The van der Waals surface area contributed by atoms with Gasteiger partial charge in [-0.15, -0.1) is 0 Å². The third-order valence-corrected chi connectivity index (χ3v) is 5.73. The monoisotopic (exact) mass is 299 g/mol. The minimum absolute atomic E-state index is 0.105. The van der Waals surface area contributed by atoms with Crippen LogP contribution in [-0.4, -0.2) is 18.6 Å². The Morgan fingerprint density at radius 1 is 1.14 bits per heavy atom. The minimum atomic E-state index is 0.105. The van der Waals surface area contributed by atoms with E-state index in [1.807, 2.05) is 24.3 Å². The zero-order valence-electron chi connectivity index (χ0n) is 13.2. The fourth-order valence-corrected chi connectivity index (χ4v) is 5.37. The van der Waals surface area contributed by atoms with Gasteiger partial charge in [-0.05, 0) is 68.4 Å². The second-order valence-electron chi connectivity index (χ2n) is 7.46. The van der Waals surface area contributed by atoms with Gasteiger partial charge in [0.1, 0.15) is 5.75 Å². The second kappa shape index (κ2) is 5.18. The van der Waals surface area contributed by atoms with E-state index in [0.29, 0.717) is 5.96 Å². The first kappa shape index (κ1) is 13.9. The van der Waals surface area contributed by atoms with Crippen LogP contribution in [0.5, 0.6) is 5.75 Å². The maximum Gasteiger partial charge on any atom is 0.193 e. The van der Waals surface area contributed by atoms with Gasteiger partial charge in [0.2, 0.25) is 0 Å². The van der Waals surface area contributed by atoms with Crippen LogP contribution in [-0.2, 0) is 0 Å². The van der Waals surface area contributed by atoms with Gasteiger partial charge in [0.15, 0.2) is 5.96 Å². The number of anilines is 1. The summed E-state index contributed by atoms with van der Waals surface area (Å²) in [6, 6.07) is 7.83. The third-order valence-electron chi connectivity index (χ3n) is 5.73. The van der Waals surface area contributed by atoms with Crippen LogP contribution in [0.3, 0.4) is 0 Å². The summed E-state index contributed by atoms with van der Waals surface area (Å²) >= 11 is 0. The molecule has 0 saturated heterocycles. The van der Waals surface area contributed by atoms with Crippen molar-refractivity contribution in [3.05, 3.63) is 24.3 Å². The fourth-order valence-electron chi connectivity index (χ4n) is 5.37. The van der Waals surface area contributed by atoms with Crippen LogP contribution in [0.2, 0.25) is 0 Å². The number of hydrogen-bond acceptors (Lipinski definition) is 2. The quantitative estimate of drug-likeness (QED) is 0.664. The van der Waals surface area contributed by atoms with Gasteiger partial charge in [-0.25, -0.2) is 4.99 Å². The van der Waals surface area contributed by atoms with Crippen molar-refractivity contribution in [1.82, 2.24) is 0 Å². The number of nitrogens with zero attached hydrogens (tertiary/aromatic N) is 1. The van der Waals surface area contributed by atoms with Crippen LogP contribution in [0.25, 0.3) is 0 Å². The van der Waals surface area contributed by atoms with Crippen LogP contribution < -0.4 is 15.8 Å². The lowest BCUT2D eigenvalue weighted by atomic mass is 9.53. The molecule has 1 aromatic carbocycles. The molecule has 22 heavy (non-hydrogen) atoms. The predicted octanol–water partition coefficient (Wildman–Crippen LogP) is 3.39. The Balaban J connectivity index is 1.55. The summed E-state index contributed by atoms with van der Waals surface area (Å²) in [5.74, 6) is 3.98. The Morgan fingerprint density at radius 2 is 1.73 bits per heavy atom. The maximum atomic E-state index is 6.23. The van der Waals surface area contributed by atoms with Crippen LogP contribution in [0, 0.1) is 17.8 Å². The number of para-hydroxylation sites is 2. The first-order valence-corrected chi connectivity index (χ1v) is 8.41. The van der Waals surface area contributed by atoms with Crippen molar-refractivity contribution >= 4 is 11.6 Å². The number of guanidine groups is 1. The van der Waals surface area contributed by atoms with E-state index in [9.17, 15) is 0 Å². The van der Waals surface area contributed by atoms with Crippen LogP contribution in [0.1, 0.15) is 38.5 Å². The first-order valence-electron chi connectivity index (χ1n) is 8.41. The highest BCUT2D eigenvalue weighted by Crippen LogP contribution is 2.57. The number of hydrogen-bond donors (Lipinski definition) is 2. The van der Waals surface area contributed by atoms with E-state index in [1.165, 1.54) is 38.5 Å². The van der Waals surface area contributed by atoms with E-state index < -0.39 is 0 Å². The molecule has 0 radical (unpaired) electrons. The number of aliphatic imine (C=N–C) groups is 1. The molecule has 5 rings (SSSR count). The van der Waals surface area contributed by atoms with Gasteiger partial charge in [0.05, 0.1) is 18.3 Å². The summed E-state index contributed by atoms with van der Waals surface area (Å²) < 4.78 is 5.37. The smallest absolute Gasteiger partial charge is 0.193 e. The topological polar surface area (TPSA) is 59.6 Å². The molecule has 0 atom stereocenters. The molecule has 0 heterocycles. The van der Waals surface area contributed by atoms with Gasteiger partial charge in [0, 0.05) is 0 Å². The number of nitrogens with two attached hydrogens (primary N) is 1. The van der Waals surface area contributed by atoms with E-state index in [0.717, 1.165) is 29.2 Å². The average molecular weight is 299 g/mol. The molecule has 0 spiro atoms. The van der Waals surface area contributed by atoms with E-state index in [-0.39, 0.29) is 5.54 Å². The molecule has 4 aliphatic rings. The second-order valence-corrected chi connectivity index (χ2v) is 7.46. The van der Waals surface area contributed by atoms with Gasteiger partial charge < -0.3 is 15.8 Å². The SMILES string of the molecule is COc1ccccc1NC(N)=NC12CC3CC(CC(C3)C1)C2. The molecule has 4 heteroatoms. The Kier molecular flexibility index (Phi) is 3.28. The van der Waals surface area contributed by atoms with Gasteiger partial charge in [-0.2, -0.15) is 0 Å². The van der Waals surface area contributed by atoms with Crippen molar-refractivity contribution < 1.29 is 4.74 Å². The molecule has 4 nitrogen and oxygen atoms in total. The van der Waals surface area contributed by atoms with E-state index in [1.54, 1.807) is 7.11 Å². The number of rotatable bonds is 3. The summed E-state index contributed by atoms with van der Waals surface area (Å²) in [6.45, 7) is 0. The number of benzene rings is 1. The highest BCUT2D eigenvalue weighted by atomic mass is 16.5. The van der Waals surface area contributed by atoms with Crippen molar-refractivity contribution in [2.75, 3.05) is 12.4 Å². The van der Waals surface area contributed by atoms with Crippen molar-refractivity contribution in [2.24, 2.45) is 28.5 Å². The van der Waals surface area contributed by atoms with Crippen LogP contribution in [0.4, 0.5) is 5.69 Å². The molecule has 1 aromatic rings. The Bertz CT molecular complexity index is 560. The van der Waals surface area contributed by atoms with E-state index in [2.05, 4.69) is 5.32 Å². The summed E-state index contributed by atoms with van der Waals surface area (Å²) in [7, 11) is 1.67. The lowest BCUT2D eigenvalue weighted by molar-refractivity contribution is 0.00163.